The van der Waals surface area contributed by atoms with E-state index in [1.807, 2.05) is 29.1 Å². The van der Waals surface area contributed by atoms with E-state index >= 15 is 0 Å². The third kappa shape index (κ3) is 3.67. The Hall–Kier alpha value is -3.21. The highest BCUT2D eigenvalue weighted by molar-refractivity contribution is 5.63. The average molecular weight is 357 g/mol. The number of anilines is 1. The number of hydrogen-bond acceptors (Lipinski definition) is 4. The van der Waals surface area contributed by atoms with Gasteiger partial charge in [-0.2, -0.15) is 0 Å². The van der Waals surface area contributed by atoms with E-state index in [0.717, 1.165) is 41.4 Å². The fraction of sp³-hybridized carbons (Fsp3) is 0.227. The molecule has 0 amide bonds. The number of pyridine rings is 1. The van der Waals surface area contributed by atoms with Crippen LogP contribution in [0.2, 0.25) is 0 Å². The second kappa shape index (κ2) is 7.58. The summed E-state index contributed by atoms with van der Waals surface area (Å²) in [4.78, 5) is 13.5. The largest absolute Gasteiger partial charge is 0.369 e. The average Bonchev–Trinajstić information content (AvgIpc) is 3.16. The molecule has 0 fully saturated rings. The van der Waals surface area contributed by atoms with Crippen LogP contribution in [0.4, 0.5) is 5.82 Å². The number of hydrogen-bond donors (Lipinski definition) is 1. The maximum absolute atomic E-state index is 4.74. The Morgan fingerprint density at radius 3 is 2.74 bits per heavy atom. The third-order valence-electron chi connectivity index (χ3n) is 4.93. The van der Waals surface area contributed by atoms with Crippen LogP contribution in [-0.2, 0) is 0 Å². The van der Waals surface area contributed by atoms with Gasteiger partial charge < -0.3 is 9.72 Å². The lowest BCUT2D eigenvalue weighted by Gasteiger charge is -2.17. The topological polar surface area (TPSA) is 55.1 Å². The minimum absolute atomic E-state index is 0.452. The maximum atomic E-state index is 4.74. The maximum Gasteiger partial charge on any atom is 0.163 e. The van der Waals surface area contributed by atoms with E-state index in [0.29, 0.717) is 5.92 Å². The fourth-order valence-corrected chi connectivity index (χ4v) is 3.33. The van der Waals surface area contributed by atoms with Crippen LogP contribution in [0, 0.1) is 6.92 Å². The summed E-state index contributed by atoms with van der Waals surface area (Å²) in [6, 6.07) is 14.6. The molecule has 3 heterocycles. The Morgan fingerprint density at radius 2 is 1.93 bits per heavy atom. The van der Waals surface area contributed by atoms with Crippen LogP contribution in [0.1, 0.15) is 30.4 Å². The first-order valence-electron chi connectivity index (χ1n) is 9.30. The highest BCUT2D eigenvalue weighted by Crippen LogP contribution is 2.23. The summed E-state index contributed by atoms with van der Waals surface area (Å²) >= 11 is 0. The molecule has 0 aliphatic carbocycles. The Morgan fingerprint density at radius 1 is 1.07 bits per heavy atom. The molecule has 5 nitrogen and oxygen atoms in total. The number of rotatable bonds is 6. The summed E-state index contributed by atoms with van der Waals surface area (Å²) in [6.07, 6.45) is 8.66. The van der Waals surface area contributed by atoms with E-state index in [2.05, 4.69) is 65.5 Å². The Bertz CT molecular complexity index is 1040. The van der Waals surface area contributed by atoms with Gasteiger partial charge in [0, 0.05) is 42.8 Å². The summed E-state index contributed by atoms with van der Waals surface area (Å²) in [6.45, 7) is 5.13. The minimum Gasteiger partial charge on any atom is -0.369 e. The van der Waals surface area contributed by atoms with Gasteiger partial charge in [0.15, 0.2) is 5.82 Å². The molecule has 0 saturated heterocycles. The van der Waals surface area contributed by atoms with Crippen molar-refractivity contribution >= 4 is 11.5 Å². The normalized spacial score (nSPS) is 12.2. The number of fused-ring (bicyclic) bond motifs is 1. The van der Waals surface area contributed by atoms with Crippen molar-refractivity contribution in [1.29, 1.82) is 0 Å². The van der Waals surface area contributed by atoms with Crippen LogP contribution < -0.4 is 5.32 Å². The molecule has 0 radical (unpaired) electrons. The number of nitrogens with zero attached hydrogens (tertiary/aromatic N) is 4. The molecular weight excluding hydrogens is 334 g/mol. The molecule has 4 aromatic rings. The summed E-state index contributed by atoms with van der Waals surface area (Å²) in [5.41, 5.74) is 4.41. The summed E-state index contributed by atoms with van der Waals surface area (Å²) in [7, 11) is 0. The second-order valence-corrected chi connectivity index (χ2v) is 6.73. The molecule has 27 heavy (non-hydrogen) atoms. The van der Waals surface area contributed by atoms with Gasteiger partial charge in [0.1, 0.15) is 11.5 Å². The van der Waals surface area contributed by atoms with Crippen molar-refractivity contribution in [2.24, 2.45) is 0 Å². The minimum atomic E-state index is 0.452. The van der Waals surface area contributed by atoms with Crippen LogP contribution in [0.25, 0.3) is 17.0 Å². The molecule has 1 unspecified atom stereocenters. The van der Waals surface area contributed by atoms with Gasteiger partial charge in [0.05, 0.1) is 0 Å². The van der Waals surface area contributed by atoms with Crippen molar-refractivity contribution < 1.29 is 0 Å². The zero-order valence-corrected chi connectivity index (χ0v) is 15.6. The summed E-state index contributed by atoms with van der Waals surface area (Å²) in [5, 5.41) is 3.49. The smallest absolute Gasteiger partial charge is 0.163 e. The standard InChI is InChI=1S/C22H23N5/c1-3-17(18-7-5-4-6-8-18)14-25-20-9-10-24-22(26-20)19-15-27-12-11-23-21(27)13-16(19)2/h4-13,15,17H,3,14H2,1-2H3,(H,24,25,26). The Labute approximate surface area is 159 Å². The molecule has 4 rings (SSSR count). The molecule has 5 heteroatoms. The summed E-state index contributed by atoms with van der Waals surface area (Å²) in [5.74, 6) is 2.02. The molecular formula is C22H23N5. The first-order chi connectivity index (χ1) is 13.2. The van der Waals surface area contributed by atoms with Crippen LogP contribution in [0.15, 0.2) is 67.3 Å². The predicted molar refractivity (Wildman–Crippen MR) is 109 cm³/mol. The molecule has 136 valence electrons. The number of benzene rings is 1. The first-order valence-corrected chi connectivity index (χ1v) is 9.30. The van der Waals surface area contributed by atoms with Gasteiger partial charge in [-0.15, -0.1) is 0 Å². The van der Waals surface area contributed by atoms with E-state index < -0.39 is 0 Å². The number of imidazole rings is 1. The molecule has 1 aromatic carbocycles. The van der Waals surface area contributed by atoms with E-state index in [4.69, 9.17) is 4.98 Å². The van der Waals surface area contributed by atoms with Crippen molar-refractivity contribution in [3.63, 3.8) is 0 Å². The quantitative estimate of drug-likeness (QED) is 0.543. The lowest BCUT2D eigenvalue weighted by Crippen LogP contribution is -2.13. The van der Waals surface area contributed by atoms with Crippen molar-refractivity contribution in [2.75, 3.05) is 11.9 Å². The number of nitrogens with one attached hydrogen (secondary N) is 1. The Kier molecular flexibility index (Phi) is 4.83. The van der Waals surface area contributed by atoms with Gasteiger partial charge in [0.25, 0.3) is 0 Å². The first kappa shape index (κ1) is 17.2. The van der Waals surface area contributed by atoms with Crippen molar-refractivity contribution in [1.82, 2.24) is 19.4 Å². The molecule has 0 aliphatic rings. The molecule has 0 saturated carbocycles. The van der Waals surface area contributed by atoms with Gasteiger partial charge in [-0.3, -0.25) is 0 Å². The molecule has 3 aromatic heterocycles. The van der Waals surface area contributed by atoms with Crippen molar-refractivity contribution in [2.45, 2.75) is 26.2 Å². The van der Waals surface area contributed by atoms with Crippen LogP contribution >= 0.6 is 0 Å². The van der Waals surface area contributed by atoms with Gasteiger partial charge in [-0.25, -0.2) is 15.0 Å². The zero-order valence-electron chi connectivity index (χ0n) is 15.6. The van der Waals surface area contributed by atoms with Crippen LogP contribution in [0.5, 0.6) is 0 Å². The number of aromatic nitrogens is 4. The van der Waals surface area contributed by atoms with Crippen molar-refractivity contribution in [3.05, 3.63) is 78.4 Å². The molecule has 0 bridgehead atoms. The predicted octanol–water partition coefficient (Wildman–Crippen LogP) is 4.71. The fourth-order valence-electron chi connectivity index (χ4n) is 3.33. The van der Waals surface area contributed by atoms with E-state index in [1.54, 1.807) is 6.20 Å². The number of aryl methyl sites for hydroxylation is 1. The third-order valence-corrected chi connectivity index (χ3v) is 4.93. The van der Waals surface area contributed by atoms with Gasteiger partial charge in [-0.05, 0) is 36.6 Å². The van der Waals surface area contributed by atoms with E-state index in [9.17, 15) is 0 Å². The SMILES string of the molecule is CCC(CNc1ccnc(-c2cn3ccnc3cc2C)n1)c1ccccc1. The highest BCUT2D eigenvalue weighted by atomic mass is 15.0. The van der Waals surface area contributed by atoms with E-state index in [1.165, 1.54) is 5.56 Å². The molecule has 1 N–H and O–H groups in total. The summed E-state index contributed by atoms with van der Waals surface area (Å²) < 4.78 is 1.99. The van der Waals surface area contributed by atoms with Crippen LogP contribution in [-0.4, -0.2) is 25.9 Å². The van der Waals surface area contributed by atoms with Gasteiger partial charge in [0.2, 0.25) is 0 Å². The monoisotopic (exact) mass is 357 g/mol. The lowest BCUT2D eigenvalue weighted by atomic mass is 9.96. The molecule has 0 aliphatic heterocycles. The molecule has 1 atom stereocenters. The van der Waals surface area contributed by atoms with Gasteiger partial charge in [-0.1, -0.05) is 37.3 Å². The lowest BCUT2D eigenvalue weighted by molar-refractivity contribution is 0.693. The second-order valence-electron chi connectivity index (χ2n) is 6.73. The molecule has 0 spiro atoms. The van der Waals surface area contributed by atoms with Crippen molar-refractivity contribution in [3.8, 4) is 11.4 Å². The van der Waals surface area contributed by atoms with Gasteiger partial charge >= 0.3 is 0 Å². The van der Waals surface area contributed by atoms with Crippen LogP contribution in [0.3, 0.4) is 0 Å². The zero-order chi connectivity index (χ0) is 18.6. The Balaban J connectivity index is 1.56. The van der Waals surface area contributed by atoms with E-state index in [-0.39, 0.29) is 0 Å². The highest BCUT2D eigenvalue weighted by Gasteiger charge is 2.11.